The van der Waals surface area contributed by atoms with Crippen LogP contribution in [0.1, 0.15) is 30.4 Å². The van der Waals surface area contributed by atoms with Gasteiger partial charge in [0.2, 0.25) is 0 Å². The Bertz CT molecular complexity index is 577. The molecule has 0 radical (unpaired) electrons. The van der Waals surface area contributed by atoms with E-state index >= 15 is 0 Å². The molecule has 0 spiro atoms. The third-order valence-corrected chi connectivity index (χ3v) is 5.74. The molecule has 5 rings (SSSR count). The Morgan fingerprint density at radius 1 is 0.818 bits per heavy atom. The monoisotopic (exact) mass is 294 g/mol. The molecule has 2 aromatic rings. The summed E-state index contributed by atoms with van der Waals surface area (Å²) in [5.74, 6) is 0.793. The summed E-state index contributed by atoms with van der Waals surface area (Å²) in [4.78, 5) is 1.58. The van der Waals surface area contributed by atoms with Gasteiger partial charge in [-0.15, -0.1) is 0 Å². The molecular formula is C20H24NO+. The summed E-state index contributed by atoms with van der Waals surface area (Å²) in [6.07, 6.45) is 3.78. The standard InChI is InChI=1S/C20H23NO/c22-20(17-7-3-1-4-8-17,18-9-5-2-6-10-18)19-15-16-11-13-21(19)14-12-16/h1-10,16,19,22H,11-15H2/p+1. The normalized spacial score (nSPS) is 27.8. The molecule has 2 aromatic carbocycles. The van der Waals surface area contributed by atoms with Crippen LogP contribution in [0.4, 0.5) is 0 Å². The number of fused-ring (bicyclic) bond motifs is 3. The Labute approximate surface area is 132 Å². The number of nitrogens with one attached hydrogen (secondary N) is 1. The molecule has 1 unspecified atom stereocenters. The second kappa shape index (κ2) is 5.53. The highest BCUT2D eigenvalue weighted by Crippen LogP contribution is 2.37. The average molecular weight is 294 g/mol. The van der Waals surface area contributed by atoms with Gasteiger partial charge in [0.1, 0.15) is 6.04 Å². The van der Waals surface area contributed by atoms with Crippen LogP contribution < -0.4 is 4.90 Å². The molecule has 1 atom stereocenters. The van der Waals surface area contributed by atoms with Gasteiger partial charge in [-0.1, -0.05) is 60.7 Å². The Balaban J connectivity index is 1.82. The van der Waals surface area contributed by atoms with Gasteiger partial charge < -0.3 is 10.0 Å². The first-order valence-corrected chi connectivity index (χ1v) is 8.46. The summed E-state index contributed by atoms with van der Waals surface area (Å²) in [7, 11) is 0. The first-order valence-electron chi connectivity index (χ1n) is 8.46. The van der Waals surface area contributed by atoms with Gasteiger partial charge in [-0.3, -0.25) is 0 Å². The maximum atomic E-state index is 11.9. The minimum atomic E-state index is -0.878. The smallest absolute Gasteiger partial charge is 0.166 e. The van der Waals surface area contributed by atoms with E-state index in [2.05, 4.69) is 24.3 Å². The van der Waals surface area contributed by atoms with Gasteiger partial charge in [0.25, 0.3) is 0 Å². The Morgan fingerprint density at radius 2 is 1.32 bits per heavy atom. The van der Waals surface area contributed by atoms with Crippen LogP contribution >= 0.6 is 0 Å². The molecule has 2 bridgehead atoms. The van der Waals surface area contributed by atoms with Crippen LogP contribution in [0.25, 0.3) is 0 Å². The van der Waals surface area contributed by atoms with E-state index in [0.717, 1.165) is 23.5 Å². The molecule has 3 saturated heterocycles. The van der Waals surface area contributed by atoms with Gasteiger partial charge in [0, 0.05) is 6.42 Å². The molecule has 3 heterocycles. The lowest BCUT2D eigenvalue weighted by molar-refractivity contribution is -0.949. The molecule has 3 aliphatic heterocycles. The minimum Gasteiger partial charge on any atom is -0.374 e. The summed E-state index contributed by atoms with van der Waals surface area (Å²) in [5.41, 5.74) is 1.19. The maximum absolute atomic E-state index is 11.9. The molecule has 22 heavy (non-hydrogen) atoms. The fraction of sp³-hybridized carbons (Fsp3) is 0.400. The zero-order valence-corrected chi connectivity index (χ0v) is 12.9. The van der Waals surface area contributed by atoms with Crippen molar-refractivity contribution >= 4 is 0 Å². The van der Waals surface area contributed by atoms with Crippen LogP contribution in [-0.2, 0) is 5.60 Å². The number of aliphatic hydroxyl groups is 1. The van der Waals surface area contributed by atoms with Crippen molar-refractivity contribution in [2.45, 2.75) is 30.9 Å². The van der Waals surface area contributed by atoms with Crippen LogP contribution in [0.3, 0.4) is 0 Å². The van der Waals surface area contributed by atoms with Crippen molar-refractivity contribution in [1.29, 1.82) is 0 Å². The van der Waals surface area contributed by atoms with Gasteiger partial charge in [-0.2, -0.15) is 0 Å². The number of rotatable bonds is 3. The summed E-state index contributed by atoms with van der Waals surface area (Å²) >= 11 is 0. The summed E-state index contributed by atoms with van der Waals surface area (Å²) in [6, 6.07) is 20.8. The maximum Gasteiger partial charge on any atom is 0.166 e. The molecule has 0 saturated carbocycles. The lowest BCUT2D eigenvalue weighted by Gasteiger charge is -2.49. The third-order valence-electron chi connectivity index (χ3n) is 5.74. The van der Waals surface area contributed by atoms with Crippen LogP contribution in [-0.4, -0.2) is 24.2 Å². The molecule has 3 fully saturated rings. The third kappa shape index (κ3) is 2.18. The first kappa shape index (κ1) is 14.0. The number of hydrogen-bond donors (Lipinski definition) is 2. The topological polar surface area (TPSA) is 24.7 Å². The lowest BCUT2D eigenvalue weighted by atomic mass is 9.71. The van der Waals surface area contributed by atoms with Gasteiger partial charge >= 0.3 is 0 Å². The predicted molar refractivity (Wildman–Crippen MR) is 87.7 cm³/mol. The highest BCUT2D eigenvalue weighted by molar-refractivity contribution is 5.37. The molecule has 2 N–H and O–H groups in total. The highest BCUT2D eigenvalue weighted by atomic mass is 16.3. The highest BCUT2D eigenvalue weighted by Gasteiger charge is 2.51. The van der Waals surface area contributed by atoms with E-state index in [4.69, 9.17) is 0 Å². The fourth-order valence-electron chi connectivity index (χ4n) is 4.55. The molecule has 0 aliphatic carbocycles. The second-order valence-corrected chi connectivity index (χ2v) is 6.89. The van der Waals surface area contributed by atoms with Crippen molar-refractivity contribution in [2.24, 2.45) is 5.92 Å². The van der Waals surface area contributed by atoms with Crippen molar-refractivity contribution in [2.75, 3.05) is 13.1 Å². The number of piperidine rings is 3. The molecule has 3 aliphatic rings. The van der Waals surface area contributed by atoms with Crippen molar-refractivity contribution < 1.29 is 10.0 Å². The van der Waals surface area contributed by atoms with Gasteiger partial charge in [0.05, 0.1) is 13.1 Å². The van der Waals surface area contributed by atoms with E-state index in [1.807, 2.05) is 36.4 Å². The molecule has 2 heteroatoms. The van der Waals surface area contributed by atoms with E-state index in [1.165, 1.54) is 25.9 Å². The van der Waals surface area contributed by atoms with Crippen LogP contribution in [0.5, 0.6) is 0 Å². The molecular weight excluding hydrogens is 270 g/mol. The summed E-state index contributed by atoms with van der Waals surface area (Å²) in [6.45, 7) is 2.41. The zero-order valence-electron chi connectivity index (χ0n) is 12.9. The Hall–Kier alpha value is -1.64. The van der Waals surface area contributed by atoms with E-state index in [9.17, 15) is 5.11 Å². The Kier molecular flexibility index (Phi) is 3.51. The minimum absolute atomic E-state index is 0.268. The lowest BCUT2D eigenvalue weighted by Crippen LogP contribution is -3.20. The summed E-state index contributed by atoms with van der Waals surface area (Å²) < 4.78 is 0. The largest absolute Gasteiger partial charge is 0.374 e. The Morgan fingerprint density at radius 3 is 1.73 bits per heavy atom. The van der Waals surface area contributed by atoms with E-state index in [-0.39, 0.29) is 6.04 Å². The van der Waals surface area contributed by atoms with Crippen LogP contribution in [0, 0.1) is 5.92 Å². The van der Waals surface area contributed by atoms with E-state index < -0.39 is 5.60 Å². The number of quaternary nitrogens is 1. The first-order chi connectivity index (χ1) is 10.8. The van der Waals surface area contributed by atoms with E-state index in [1.54, 1.807) is 4.90 Å². The van der Waals surface area contributed by atoms with Gasteiger partial charge in [0.15, 0.2) is 5.60 Å². The molecule has 2 nitrogen and oxygen atoms in total. The SMILES string of the molecule is OC(c1ccccc1)(c1ccccc1)C1CC2CC[NH+]1CC2. The second-order valence-electron chi connectivity index (χ2n) is 6.89. The number of hydrogen-bond acceptors (Lipinski definition) is 1. The van der Waals surface area contributed by atoms with Crippen LogP contribution in [0.15, 0.2) is 60.7 Å². The van der Waals surface area contributed by atoms with Gasteiger partial charge in [-0.25, -0.2) is 0 Å². The van der Waals surface area contributed by atoms with Gasteiger partial charge in [-0.05, 0) is 29.9 Å². The quantitative estimate of drug-likeness (QED) is 0.889. The molecule has 0 aromatic heterocycles. The molecule has 0 amide bonds. The predicted octanol–water partition coefficient (Wildman–Crippen LogP) is 1.99. The number of benzene rings is 2. The van der Waals surface area contributed by atoms with Crippen molar-refractivity contribution in [3.8, 4) is 0 Å². The van der Waals surface area contributed by atoms with E-state index in [0.29, 0.717) is 0 Å². The van der Waals surface area contributed by atoms with Crippen LogP contribution in [0.2, 0.25) is 0 Å². The van der Waals surface area contributed by atoms with Crippen molar-refractivity contribution in [1.82, 2.24) is 0 Å². The van der Waals surface area contributed by atoms with Crippen molar-refractivity contribution in [3.63, 3.8) is 0 Å². The fourth-order valence-corrected chi connectivity index (χ4v) is 4.55. The van der Waals surface area contributed by atoms with Crippen molar-refractivity contribution in [3.05, 3.63) is 71.8 Å². The summed E-state index contributed by atoms with van der Waals surface area (Å²) in [5, 5.41) is 11.9. The molecule has 114 valence electrons. The zero-order chi connectivity index (χ0) is 15.0. The average Bonchev–Trinajstić information content (AvgIpc) is 2.63.